The zero-order valence-corrected chi connectivity index (χ0v) is 16.3. The fraction of sp³-hybridized carbons (Fsp3) is 0.125. The quantitative estimate of drug-likeness (QED) is 0.416. The van der Waals surface area contributed by atoms with Crippen LogP contribution < -0.4 is 10.5 Å². The average Bonchev–Trinajstić information content (AvgIpc) is 3.21. The summed E-state index contributed by atoms with van der Waals surface area (Å²) in [5, 5.41) is 2.80. The van der Waals surface area contributed by atoms with E-state index in [1.54, 1.807) is 24.5 Å². The van der Waals surface area contributed by atoms with Crippen LogP contribution in [0.5, 0.6) is 0 Å². The van der Waals surface area contributed by atoms with Gasteiger partial charge in [-0.1, -0.05) is 60.1 Å². The number of nitrogens with zero attached hydrogens (tertiary/aromatic N) is 1. The summed E-state index contributed by atoms with van der Waals surface area (Å²) in [7, 11) is 0. The predicted molar refractivity (Wildman–Crippen MR) is 114 cm³/mol. The van der Waals surface area contributed by atoms with Crippen LogP contribution in [-0.4, -0.2) is 0 Å². The van der Waals surface area contributed by atoms with Gasteiger partial charge in [0.25, 0.3) is 0 Å². The van der Waals surface area contributed by atoms with E-state index in [0.29, 0.717) is 28.0 Å². The number of hydrogen-bond donors (Lipinski definition) is 0. The zero-order valence-electron chi connectivity index (χ0n) is 15.5. The molecule has 0 spiro atoms. The lowest BCUT2D eigenvalue weighted by molar-refractivity contribution is 0.0835. The molecule has 1 aromatic heterocycles. The van der Waals surface area contributed by atoms with Crippen LogP contribution in [-0.2, 0) is 4.84 Å². The Morgan fingerprint density at radius 2 is 1.66 bits per heavy atom. The number of para-hydroxylation sites is 1. The van der Waals surface area contributed by atoms with E-state index in [1.165, 1.54) is 0 Å². The van der Waals surface area contributed by atoms with Gasteiger partial charge in [-0.2, -0.15) is 0 Å². The standard InChI is InChI=1S/C24H18ClNO3/c25-17-11-12-22-19(13-17)24(27)20(15-28-22)21-14-23(16-7-3-1-4-8-16)29-26(21)18-9-5-2-6-10-18/h1-13,15,21,23H,14H2/t21-,23+/m0/s1. The molecule has 2 heterocycles. The molecule has 0 bridgehead atoms. The molecular formula is C24H18ClNO3. The Morgan fingerprint density at radius 1 is 0.931 bits per heavy atom. The topological polar surface area (TPSA) is 42.7 Å². The van der Waals surface area contributed by atoms with Crippen molar-refractivity contribution in [3.8, 4) is 0 Å². The van der Waals surface area contributed by atoms with Crippen molar-refractivity contribution in [1.29, 1.82) is 0 Å². The molecule has 3 aromatic carbocycles. The van der Waals surface area contributed by atoms with Gasteiger partial charge in [-0.3, -0.25) is 9.63 Å². The SMILES string of the molecule is O=c1c([C@@H]2C[C@H](c3ccccc3)ON2c2ccccc2)coc2ccc(Cl)cc12. The van der Waals surface area contributed by atoms with Crippen molar-refractivity contribution in [2.24, 2.45) is 0 Å². The highest BCUT2D eigenvalue weighted by Gasteiger charge is 2.37. The fourth-order valence-corrected chi connectivity index (χ4v) is 4.01. The third-order valence-electron chi connectivity index (χ3n) is 5.26. The summed E-state index contributed by atoms with van der Waals surface area (Å²) in [6, 6.07) is 24.7. The van der Waals surface area contributed by atoms with Crippen LogP contribution in [0.2, 0.25) is 5.02 Å². The lowest BCUT2D eigenvalue weighted by atomic mass is 9.98. The Kier molecular flexibility index (Phi) is 4.58. The van der Waals surface area contributed by atoms with Crippen molar-refractivity contribution >= 4 is 28.3 Å². The maximum absolute atomic E-state index is 13.3. The molecule has 5 rings (SSSR count). The normalized spacial score (nSPS) is 19.0. The van der Waals surface area contributed by atoms with Gasteiger partial charge < -0.3 is 4.42 Å². The highest BCUT2D eigenvalue weighted by molar-refractivity contribution is 6.31. The number of anilines is 1. The van der Waals surface area contributed by atoms with Gasteiger partial charge >= 0.3 is 0 Å². The molecule has 2 atom stereocenters. The van der Waals surface area contributed by atoms with Gasteiger partial charge in [0.15, 0.2) is 5.43 Å². The van der Waals surface area contributed by atoms with Crippen molar-refractivity contribution in [1.82, 2.24) is 0 Å². The van der Waals surface area contributed by atoms with Gasteiger partial charge in [-0.25, -0.2) is 5.06 Å². The third-order valence-corrected chi connectivity index (χ3v) is 5.50. The van der Waals surface area contributed by atoms with Gasteiger partial charge in [0.05, 0.1) is 22.7 Å². The molecule has 0 radical (unpaired) electrons. The molecule has 0 saturated carbocycles. The molecule has 1 aliphatic rings. The minimum Gasteiger partial charge on any atom is -0.464 e. The summed E-state index contributed by atoms with van der Waals surface area (Å²) in [5.41, 5.74) is 2.96. The minimum absolute atomic E-state index is 0.0861. The van der Waals surface area contributed by atoms with Crippen molar-refractivity contribution in [2.75, 3.05) is 5.06 Å². The number of halogens is 1. The summed E-state index contributed by atoms with van der Waals surface area (Å²) in [6.07, 6.45) is 2.03. The molecule has 4 aromatic rings. The van der Waals surface area contributed by atoms with E-state index < -0.39 is 0 Å². The first kappa shape index (κ1) is 18.0. The Balaban J connectivity index is 1.62. The van der Waals surface area contributed by atoms with E-state index in [9.17, 15) is 4.79 Å². The fourth-order valence-electron chi connectivity index (χ4n) is 3.83. The molecule has 1 fully saturated rings. The van der Waals surface area contributed by atoms with Gasteiger partial charge in [-0.05, 0) is 35.9 Å². The molecule has 5 heteroatoms. The Morgan fingerprint density at radius 3 is 2.41 bits per heavy atom. The first-order chi connectivity index (χ1) is 14.2. The Labute approximate surface area is 172 Å². The molecule has 1 aliphatic heterocycles. The van der Waals surface area contributed by atoms with Crippen LogP contribution in [0, 0.1) is 0 Å². The largest absolute Gasteiger partial charge is 0.464 e. The Hall–Kier alpha value is -3.08. The summed E-state index contributed by atoms with van der Waals surface area (Å²) >= 11 is 6.11. The van der Waals surface area contributed by atoms with E-state index >= 15 is 0 Å². The Bertz CT molecular complexity index is 1210. The number of benzene rings is 3. The van der Waals surface area contributed by atoms with Gasteiger partial charge in [0.1, 0.15) is 18.0 Å². The number of fused-ring (bicyclic) bond motifs is 1. The van der Waals surface area contributed by atoms with Gasteiger partial charge in [0.2, 0.25) is 0 Å². The van der Waals surface area contributed by atoms with Crippen LogP contribution in [0.3, 0.4) is 0 Å². The molecule has 1 saturated heterocycles. The first-order valence-corrected chi connectivity index (χ1v) is 9.85. The predicted octanol–water partition coefficient (Wildman–Crippen LogP) is 6.07. The van der Waals surface area contributed by atoms with E-state index in [1.807, 2.05) is 65.7 Å². The maximum atomic E-state index is 13.3. The molecule has 0 aliphatic carbocycles. The molecule has 0 amide bonds. The molecule has 0 N–H and O–H groups in total. The van der Waals surface area contributed by atoms with E-state index in [2.05, 4.69) is 0 Å². The summed E-state index contributed by atoms with van der Waals surface area (Å²) in [4.78, 5) is 19.6. The van der Waals surface area contributed by atoms with Crippen LogP contribution in [0.25, 0.3) is 11.0 Å². The van der Waals surface area contributed by atoms with Gasteiger partial charge in [0, 0.05) is 11.4 Å². The summed E-state index contributed by atoms with van der Waals surface area (Å²) < 4.78 is 5.78. The number of rotatable bonds is 3. The van der Waals surface area contributed by atoms with Gasteiger partial charge in [-0.15, -0.1) is 0 Å². The van der Waals surface area contributed by atoms with E-state index in [-0.39, 0.29) is 17.6 Å². The van der Waals surface area contributed by atoms with E-state index in [4.69, 9.17) is 20.9 Å². The highest BCUT2D eigenvalue weighted by atomic mass is 35.5. The second kappa shape index (κ2) is 7.39. The lowest BCUT2D eigenvalue weighted by Gasteiger charge is -2.24. The molecular weight excluding hydrogens is 386 g/mol. The molecule has 0 unspecified atom stereocenters. The van der Waals surface area contributed by atoms with E-state index in [0.717, 1.165) is 11.3 Å². The van der Waals surface area contributed by atoms with Crippen LogP contribution >= 0.6 is 11.6 Å². The minimum atomic E-state index is -0.276. The smallest absolute Gasteiger partial charge is 0.198 e. The molecule has 29 heavy (non-hydrogen) atoms. The number of hydrogen-bond acceptors (Lipinski definition) is 4. The van der Waals surface area contributed by atoms with Crippen molar-refractivity contribution in [3.63, 3.8) is 0 Å². The highest BCUT2D eigenvalue weighted by Crippen LogP contribution is 2.43. The monoisotopic (exact) mass is 403 g/mol. The summed E-state index contributed by atoms with van der Waals surface area (Å²) in [6.45, 7) is 0. The van der Waals surface area contributed by atoms with Crippen molar-refractivity contribution in [3.05, 3.63) is 111 Å². The van der Waals surface area contributed by atoms with Crippen molar-refractivity contribution < 1.29 is 9.25 Å². The zero-order chi connectivity index (χ0) is 19.8. The average molecular weight is 404 g/mol. The van der Waals surface area contributed by atoms with Crippen LogP contribution in [0.1, 0.15) is 29.7 Å². The lowest BCUT2D eigenvalue weighted by Crippen LogP contribution is -2.25. The molecule has 4 nitrogen and oxygen atoms in total. The third kappa shape index (κ3) is 3.31. The molecule has 144 valence electrons. The second-order valence-electron chi connectivity index (χ2n) is 7.08. The van der Waals surface area contributed by atoms with Crippen molar-refractivity contribution in [2.45, 2.75) is 18.6 Å². The van der Waals surface area contributed by atoms with Crippen LogP contribution in [0.15, 0.2) is 94.3 Å². The second-order valence-corrected chi connectivity index (χ2v) is 7.51. The maximum Gasteiger partial charge on any atom is 0.198 e. The first-order valence-electron chi connectivity index (χ1n) is 9.47. The number of hydroxylamine groups is 1. The summed E-state index contributed by atoms with van der Waals surface area (Å²) in [5.74, 6) is 0. The van der Waals surface area contributed by atoms with Crippen LogP contribution in [0.4, 0.5) is 5.69 Å².